The highest BCUT2D eigenvalue weighted by molar-refractivity contribution is 5.95. The molecule has 0 bridgehead atoms. The van der Waals surface area contributed by atoms with Crippen molar-refractivity contribution in [3.8, 4) is 0 Å². The lowest BCUT2D eigenvalue weighted by Crippen LogP contribution is -2.47. The molecule has 1 aromatic carbocycles. The van der Waals surface area contributed by atoms with Crippen molar-refractivity contribution in [1.29, 1.82) is 0 Å². The molecule has 2 aromatic rings. The van der Waals surface area contributed by atoms with Gasteiger partial charge in [0.2, 0.25) is 0 Å². The summed E-state index contributed by atoms with van der Waals surface area (Å²) in [6, 6.07) is 10.5. The molecule has 144 valence electrons. The van der Waals surface area contributed by atoms with E-state index in [4.69, 9.17) is 4.52 Å². The maximum absolute atomic E-state index is 13.2. The van der Waals surface area contributed by atoms with Gasteiger partial charge in [-0.25, -0.2) is 0 Å². The number of hydrogen-bond acceptors (Lipinski definition) is 4. The number of rotatable bonds is 6. The van der Waals surface area contributed by atoms with Crippen LogP contribution in [0.3, 0.4) is 0 Å². The van der Waals surface area contributed by atoms with E-state index < -0.39 is 0 Å². The molecular weight excluding hydrogens is 340 g/mol. The van der Waals surface area contributed by atoms with Crippen molar-refractivity contribution in [3.63, 3.8) is 0 Å². The molecule has 2 aliphatic carbocycles. The third-order valence-electron chi connectivity index (χ3n) is 6.37. The van der Waals surface area contributed by atoms with Gasteiger partial charge >= 0.3 is 0 Å². The number of benzene rings is 1. The van der Waals surface area contributed by atoms with Gasteiger partial charge in [-0.2, -0.15) is 0 Å². The van der Waals surface area contributed by atoms with Gasteiger partial charge in [-0.15, -0.1) is 0 Å². The Hall–Kier alpha value is -2.14. The highest BCUT2D eigenvalue weighted by Crippen LogP contribution is 2.42. The second kappa shape index (κ2) is 7.47. The first-order valence-electron chi connectivity index (χ1n) is 10.1. The first-order chi connectivity index (χ1) is 13.2. The van der Waals surface area contributed by atoms with Gasteiger partial charge in [0.25, 0.3) is 5.91 Å². The standard InChI is InChI=1S/C22H28N2O3/c1-2-16-3-5-17(6-4-16)21(26)24(18-7-8-18)19-9-12-22(15-25,13-10-19)20-11-14-27-23-20/h3-6,11,14,18-19,25H,2,7-10,12-13,15H2,1H3. The van der Waals surface area contributed by atoms with E-state index in [1.807, 2.05) is 18.2 Å². The summed E-state index contributed by atoms with van der Waals surface area (Å²) in [6.45, 7) is 2.19. The van der Waals surface area contributed by atoms with Gasteiger partial charge in [-0.3, -0.25) is 4.79 Å². The number of aliphatic hydroxyl groups excluding tert-OH is 1. The number of carbonyl (C=O) groups is 1. The summed E-state index contributed by atoms with van der Waals surface area (Å²) in [5.74, 6) is 0.156. The van der Waals surface area contributed by atoms with Crippen molar-refractivity contribution in [2.24, 2.45) is 0 Å². The molecule has 0 radical (unpaired) electrons. The van der Waals surface area contributed by atoms with E-state index in [0.29, 0.717) is 6.04 Å². The van der Waals surface area contributed by atoms with Crippen LogP contribution >= 0.6 is 0 Å². The smallest absolute Gasteiger partial charge is 0.254 e. The van der Waals surface area contributed by atoms with Gasteiger partial charge in [-0.05, 0) is 62.6 Å². The molecule has 0 atom stereocenters. The second-order valence-corrected chi connectivity index (χ2v) is 8.05. The summed E-state index contributed by atoms with van der Waals surface area (Å²) in [7, 11) is 0. The predicted octanol–water partition coefficient (Wildman–Crippen LogP) is 3.71. The lowest BCUT2D eigenvalue weighted by atomic mass is 9.70. The van der Waals surface area contributed by atoms with E-state index in [9.17, 15) is 9.90 Å². The van der Waals surface area contributed by atoms with Gasteiger partial charge in [-0.1, -0.05) is 24.2 Å². The molecule has 0 spiro atoms. The number of carbonyl (C=O) groups excluding carboxylic acids is 1. The molecule has 1 heterocycles. The van der Waals surface area contributed by atoms with Crippen molar-refractivity contribution >= 4 is 5.91 Å². The summed E-state index contributed by atoms with van der Waals surface area (Å²) in [5.41, 5.74) is 2.55. The number of amides is 1. The molecule has 1 aromatic heterocycles. The average Bonchev–Trinajstić information content (AvgIpc) is 3.39. The zero-order valence-corrected chi connectivity index (χ0v) is 15.9. The minimum Gasteiger partial charge on any atom is -0.395 e. The van der Waals surface area contributed by atoms with Crippen LogP contribution in [0.25, 0.3) is 0 Å². The molecule has 2 saturated carbocycles. The van der Waals surface area contributed by atoms with Crippen molar-refractivity contribution in [1.82, 2.24) is 10.1 Å². The number of hydrogen-bond donors (Lipinski definition) is 1. The fraction of sp³-hybridized carbons (Fsp3) is 0.545. The van der Waals surface area contributed by atoms with Gasteiger partial charge in [0.1, 0.15) is 6.26 Å². The third-order valence-corrected chi connectivity index (χ3v) is 6.37. The van der Waals surface area contributed by atoms with Gasteiger partial charge in [0.05, 0.1) is 12.3 Å². The predicted molar refractivity (Wildman–Crippen MR) is 103 cm³/mol. The largest absolute Gasteiger partial charge is 0.395 e. The van der Waals surface area contributed by atoms with E-state index in [-0.39, 0.29) is 24.0 Å². The Morgan fingerprint density at radius 1 is 1.15 bits per heavy atom. The average molecular weight is 368 g/mol. The molecule has 2 aliphatic rings. The maximum Gasteiger partial charge on any atom is 0.254 e. The Morgan fingerprint density at radius 3 is 2.33 bits per heavy atom. The van der Waals surface area contributed by atoms with Crippen LogP contribution in [-0.4, -0.2) is 39.8 Å². The molecule has 0 unspecified atom stereocenters. The lowest BCUT2D eigenvalue weighted by molar-refractivity contribution is 0.0510. The zero-order valence-electron chi connectivity index (χ0n) is 15.9. The molecular formula is C22H28N2O3. The normalized spacial score (nSPS) is 25.3. The quantitative estimate of drug-likeness (QED) is 0.844. The topological polar surface area (TPSA) is 66.6 Å². The van der Waals surface area contributed by atoms with E-state index >= 15 is 0 Å². The Labute approximate surface area is 160 Å². The first kappa shape index (κ1) is 18.2. The maximum atomic E-state index is 13.2. The molecule has 4 rings (SSSR count). The third kappa shape index (κ3) is 3.53. The van der Waals surface area contributed by atoms with Crippen molar-refractivity contribution in [2.45, 2.75) is 69.4 Å². The summed E-state index contributed by atoms with van der Waals surface area (Å²) in [5, 5.41) is 14.1. The van der Waals surface area contributed by atoms with Crippen LogP contribution in [0.5, 0.6) is 0 Å². The van der Waals surface area contributed by atoms with Gasteiger partial charge in [0, 0.05) is 29.1 Å². The minimum absolute atomic E-state index is 0.0715. The first-order valence-corrected chi connectivity index (χ1v) is 10.1. The van der Waals surface area contributed by atoms with Crippen LogP contribution in [0.2, 0.25) is 0 Å². The van der Waals surface area contributed by atoms with Crippen molar-refractivity contribution in [3.05, 3.63) is 53.4 Å². The molecule has 2 fully saturated rings. The zero-order chi connectivity index (χ0) is 18.9. The van der Waals surface area contributed by atoms with Gasteiger partial charge in [0.15, 0.2) is 0 Å². The van der Waals surface area contributed by atoms with Crippen molar-refractivity contribution in [2.75, 3.05) is 6.61 Å². The Morgan fingerprint density at radius 2 is 1.81 bits per heavy atom. The highest BCUT2D eigenvalue weighted by Gasteiger charge is 2.44. The molecule has 5 nitrogen and oxygen atoms in total. The van der Waals surface area contributed by atoms with Crippen LogP contribution < -0.4 is 0 Å². The van der Waals surface area contributed by atoms with Crippen LogP contribution in [-0.2, 0) is 11.8 Å². The fourth-order valence-corrected chi connectivity index (χ4v) is 4.43. The number of aliphatic hydroxyl groups is 1. The molecule has 1 N–H and O–H groups in total. The van der Waals surface area contributed by atoms with Gasteiger partial charge < -0.3 is 14.5 Å². The summed E-state index contributed by atoms with van der Waals surface area (Å²) in [6.07, 6.45) is 8.18. The monoisotopic (exact) mass is 368 g/mol. The molecule has 27 heavy (non-hydrogen) atoms. The minimum atomic E-state index is -0.329. The van der Waals surface area contributed by atoms with E-state index in [1.165, 1.54) is 5.56 Å². The molecule has 0 saturated heterocycles. The van der Waals surface area contributed by atoms with Crippen LogP contribution in [0.4, 0.5) is 0 Å². The number of aryl methyl sites for hydroxylation is 1. The second-order valence-electron chi connectivity index (χ2n) is 8.05. The fourth-order valence-electron chi connectivity index (χ4n) is 4.43. The Bertz CT molecular complexity index is 757. The molecule has 5 heteroatoms. The number of aromatic nitrogens is 1. The Kier molecular flexibility index (Phi) is 5.04. The lowest BCUT2D eigenvalue weighted by Gasteiger charge is -2.42. The highest BCUT2D eigenvalue weighted by atomic mass is 16.5. The van der Waals surface area contributed by atoms with Crippen molar-refractivity contribution < 1.29 is 14.4 Å². The summed E-state index contributed by atoms with van der Waals surface area (Å²) >= 11 is 0. The van der Waals surface area contributed by atoms with Crippen LogP contribution in [0, 0.1) is 0 Å². The summed E-state index contributed by atoms with van der Waals surface area (Å²) in [4.78, 5) is 15.4. The van der Waals surface area contributed by atoms with Crippen LogP contribution in [0.15, 0.2) is 41.1 Å². The van der Waals surface area contributed by atoms with Crippen LogP contribution in [0.1, 0.15) is 67.1 Å². The number of nitrogens with zero attached hydrogens (tertiary/aromatic N) is 2. The van der Waals surface area contributed by atoms with E-state index in [2.05, 4.69) is 29.1 Å². The summed E-state index contributed by atoms with van der Waals surface area (Å²) < 4.78 is 5.01. The Balaban J connectivity index is 1.49. The SMILES string of the molecule is CCc1ccc(C(=O)N(C2CC2)C2CCC(CO)(c3ccon3)CC2)cc1. The van der Waals surface area contributed by atoms with E-state index in [1.54, 1.807) is 6.26 Å². The molecule has 0 aliphatic heterocycles. The van der Waals surface area contributed by atoms with E-state index in [0.717, 1.165) is 56.2 Å². The molecule has 1 amide bonds.